The van der Waals surface area contributed by atoms with E-state index in [4.69, 9.17) is 9.47 Å². The first kappa shape index (κ1) is 19.9. The molecule has 1 aliphatic heterocycles. The number of piperazine rings is 1. The number of nitrogens with zero attached hydrogens (tertiary/aromatic N) is 5. The molecule has 1 fully saturated rings. The van der Waals surface area contributed by atoms with Gasteiger partial charge in [0.05, 0.1) is 31.3 Å². The summed E-state index contributed by atoms with van der Waals surface area (Å²) in [5, 5.41) is 0. The molecule has 0 unspecified atom stereocenters. The minimum atomic E-state index is 0.675. The van der Waals surface area contributed by atoms with Crippen LogP contribution in [-0.4, -0.2) is 66.3 Å². The third kappa shape index (κ3) is 5.35. The molecule has 2 aromatic heterocycles. The van der Waals surface area contributed by atoms with E-state index in [2.05, 4.69) is 30.8 Å². The number of aromatic nitrogens is 3. The number of hydrogen-bond acceptors (Lipinski definition) is 7. The Hall–Kier alpha value is -2.41. The lowest BCUT2D eigenvalue weighted by molar-refractivity contribution is 0.235. The lowest BCUT2D eigenvalue weighted by atomic mass is 10.0. The Labute approximate surface area is 173 Å². The van der Waals surface area contributed by atoms with E-state index < -0.39 is 0 Å². The number of fused-ring (bicyclic) bond motifs is 1. The maximum atomic E-state index is 5.84. The van der Waals surface area contributed by atoms with Gasteiger partial charge in [-0.05, 0) is 51.1 Å². The summed E-state index contributed by atoms with van der Waals surface area (Å²) in [6, 6.07) is 5.94. The Morgan fingerprint density at radius 2 is 1.76 bits per heavy atom. The average molecular weight is 398 g/mol. The van der Waals surface area contributed by atoms with Crippen LogP contribution in [0.3, 0.4) is 0 Å². The topological polar surface area (TPSA) is 63.6 Å². The summed E-state index contributed by atoms with van der Waals surface area (Å²) in [5.41, 5.74) is 2.30. The highest BCUT2D eigenvalue weighted by molar-refractivity contribution is 5.41. The van der Waals surface area contributed by atoms with Gasteiger partial charge in [0.2, 0.25) is 11.8 Å². The van der Waals surface area contributed by atoms with Crippen molar-refractivity contribution in [1.82, 2.24) is 19.9 Å². The number of pyridine rings is 1. The van der Waals surface area contributed by atoms with Gasteiger partial charge in [-0.1, -0.05) is 6.07 Å². The lowest BCUT2D eigenvalue weighted by Crippen LogP contribution is -2.46. The molecule has 7 heteroatoms. The Bertz CT molecular complexity index is 793. The largest absolute Gasteiger partial charge is 0.481 e. The number of unbranched alkanes of at least 4 members (excludes halogenated alkanes) is 1. The Kier molecular flexibility index (Phi) is 6.77. The zero-order valence-corrected chi connectivity index (χ0v) is 17.3. The molecule has 29 heavy (non-hydrogen) atoms. The number of aryl methyl sites for hydroxylation is 2. The predicted molar refractivity (Wildman–Crippen MR) is 113 cm³/mol. The summed E-state index contributed by atoms with van der Waals surface area (Å²) in [6.45, 7) is 5.95. The fraction of sp³-hybridized carbons (Fsp3) is 0.591. The SMILES string of the molecule is COc1cccc(N2CCN(CCCCOc3cnc4c(n3)CCCC4)CC2)n1. The van der Waals surface area contributed by atoms with Crippen LogP contribution in [0.5, 0.6) is 11.8 Å². The van der Waals surface area contributed by atoms with Crippen LogP contribution in [0.25, 0.3) is 0 Å². The molecule has 0 amide bonds. The van der Waals surface area contributed by atoms with Crippen molar-refractivity contribution in [1.29, 1.82) is 0 Å². The second kappa shape index (κ2) is 9.87. The molecule has 7 nitrogen and oxygen atoms in total. The molecule has 1 aliphatic carbocycles. The maximum absolute atomic E-state index is 5.84. The smallest absolute Gasteiger partial charge is 0.232 e. The second-order valence-corrected chi connectivity index (χ2v) is 7.73. The zero-order chi connectivity index (χ0) is 19.9. The second-order valence-electron chi connectivity index (χ2n) is 7.73. The molecule has 0 spiro atoms. The lowest BCUT2D eigenvalue weighted by Gasteiger charge is -2.35. The molecule has 0 atom stereocenters. The van der Waals surface area contributed by atoms with Gasteiger partial charge in [-0.25, -0.2) is 4.98 Å². The van der Waals surface area contributed by atoms with Crippen molar-refractivity contribution in [3.63, 3.8) is 0 Å². The Morgan fingerprint density at radius 3 is 2.59 bits per heavy atom. The number of rotatable bonds is 8. The monoisotopic (exact) mass is 397 g/mol. The molecule has 2 aromatic rings. The van der Waals surface area contributed by atoms with E-state index in [1.165, 1.54) is 12.8 Å². The van der Waals surface area contributed by atoms with Crippen molar-refractivity contribution >= 4 is 5.82 Å². The van der Waals surface area contributed by atoms with E-state index in [0.29, 0.717) is 18.4 Å². The molecule has 0 radical (unpaired) electrons. The highest BCUT2D eigenvalue weighted by Crippen LogP contribution is 2.20. The van der Waals surface area contributed by atoms with Crippen LogP contribution in [0.1, 0.15) is 37.1 Å². The molecule has 1 saturated heterocycles. The van der Waals surface area contributed by atoms with Crippen molar-refractivity contribution in [3.8, 4) is 11.8 Å². The third-order valence-electron chi connectivity index (χ3n) is 5.72. The Balaban J connectivity index is 1.13. The van der Waals surface area contributed by atoms with Crippen molar-refractivity contribution in [3.05, 3.63) is 35.8 Å². The standard InChI is InChI=1S/C22H31N5O2/c1-28-21-10-6-9-20(25-21)27-14-12-26(13-15-27)11-4-5-16-29-22-17-23-18-7-2-3-8-19(18)24-22/h6,9-10,17H,2-5,7-8,11-16H2,1H3. The van der Waals surface area contributed by atoms with Gasteiger partial charge in [0.25, 0.3) is 0 Å². The van der Waals surface area contributed by atoms with Crippen LogP contribution in [0.4, 0.5) is 5.82 Å². The van der Waals surface area contributed by atoms with Gasteiger partial charge in [0, 0.05) is 32.2 Å². The van der Waals surface area contributed by atoms with Crippen LogP contribution in [0.2, 0.25) is 0 Å². The number of methoxy groups -OCH3 is 1. The third-order valence-corrected chi connectivity index (χ3v) is 5.72. The van der Waals surface area contributed by atoms with Crippen LogP contribution in [0, 0.1) is 0 Å². The minimum absolute atomic E-state index is 0.675. The number of anilines is 1. The van der Waals surface area contributed by atoms with Gasteiger partial charge in [0.1, 0.15) is 5.82 Å². The van der Waals surface area contributed by atoms with Crippen LogP contribution in [-0.2, 0) is 12.8 Å². The van der Waals surface area contributed by atoms with Crippen LogP contribution in [0.15, 0.2) is 24.4 Å². The van der Waals surface area contributed by atoms with E-state index in [1.807, 2.05) is 12.1 Å². The quantitative estimate of drug-likeness (QED) is 0.635. The fourth-order valence-electron chi connectivity index (χ4n) is 4.01. The normalized spacial score (nSPS) is 17.1. The van der Waals surface area contributed by atoms with Crippen molar-refractivity contribution < 1.29 is 9.47 Å². The molecule has 0 aromatic carbocycles. The summed E-state index contributed by atoms with van der Waals surface area (Å²) in [5.74, 6) is 2.36. The molecular formula is C22H31N5O2. The summed E-state index contributed by atoms with van der Waals surface area (Å²) in [6.07, 6.45) is 8.50. The summed E-state index contributed by atoms with van der Waals surface area (Å²) < 4.78 is 11.1. The first-order valence-corrected chi connectivity index (χ1v) is 10.8. The maximum Gasteiger partial charge on any atom is 0.232 e. The van der Waals surface area contributed by atoms with Crippen molar-refractivity contribution in [2.45, 2.75) is 38.5 Å². The first-order valence-electron chi connectivity index (χ1n) is 10.8. The Morgan fingerprint density at radius 1 is 0.931 bits per heavy atom. The van der Waals surface area contributed by atoms with E-state index in [9.17, 15) is 0 Å². The van der Waals surface area contributed by atoms with E-state index in [0.717, 1.165) is 75.6 Å². The van der Waals surface area contributed by atoms with Gasteiger partial charge in [-0.3, -0.25) is 9.88 Å². The molecule has 156 valence electrons. The highest BCUT2D eigenvalue weighted by atomic mass is 16.5. The van der Waals surface area contributed by atoms with Gasteiger partial charge in [-0.2, -0.15) is 4.98 Å². The average Bonchev–Trinajstić information content (AvgIpc) is 2.79. The zero-order valence-electron chi connectivity index (χ0n) is 17.3. The van der Waals surface area contributed by atoms with E-state index in [1.54, 1.807) is 13.3 Å². The minimum Gasteiger partial charge on any atom is -0.481 e. The number of hydrogen-bond donors (Lipinski definition) is 0. The number of ether oxygens (including phenoxy) is 2. The molecule has 4 rings (SSSR count). The molecular weight excluding hydrogens is 366 g/mol. The van der Waals surface area contributed by atoms with Gasteiger partial charge in [0.15, 0.2) is 0 Å². The van der Waals surface area contributed by atoms with Crippen molar-refractivity contribution in [2.24, 2.45) is 0 Å². The molecule has 0 saturated carbocycles. The molecule has 0 bridgehead atoms. The van der Waals surface area contributed by atoms with Crippen LogP contribution >= 0.6 is 0 Å². The van der Waals surface area contributed by atoms with Gasteiger partial charge in [-0.15, -0.1) is 0 Å². The summed E-state index contributed by atoms with van der Waals surface area (Å²) in [7, 11) is 1.66. The fourth-order valence-corrected chi connectivity index (χ4v) is 4.01. The summed E-state index contributed by atoms with van der Waals surface area (Å²) in [4.78, 5) is 18.5. The summed E-state index contributed by atoms with van der Waals surface area (Å²) >= 11 is 0. The van der Waals surface area contributed by atoms with Gasteiger partial charge < -0.3 is 14.4 Å². The van der Waals surface area contributed by atoms with Gasteiger partial charge >= 0.3 is 0 Å². The van der Waals surface area contributed by atoms with E-state index >= 15 is 0 Å². The molecule has 0 N–H and O–H groups in total. The highest BCUT2D eigenvalue weighted by Gasteiger charge is 2.18. The first-order chi connectivity index (χ1) is 14.3. The molecule has 3 heterocycles. The predicted octanol–water partition coefficient (Wildman–Crippen LogP) is 2.74. The molecule has 2 aliphatic rings. The van der Waals surface area contributed by atoms with Crippen molar-refractivity contribution in [2.75, 3.05) is 51.3 Å². The van der Waals surface area contributed by atoms with E-state index in [-0.39, 0.29) is 0 Å². The van der Waals surface area contributed by atoms with Crippen LogP contribution < -0.4 is 14.4 Å².